The molecule has 0 saturated heterocycles. The standard InChI is InChI=1S/C21H24N4O2S/c1-15-2-8-18(9-3-15)20-23-24-21(28)25(20)13-11-19(27)22-12-10-16-4-6-17(14-26)7-5-16/h2-9,26H,10-14H2,1H3,(H,22,27)(H,24,28). The number of nitrogens with zero attached hydrogens (tertiary/aromatic N) is 2. The van der Waals surface area contributed by atoms with Crippen LogP contribution in [-0.4, -0.2) is 32.3 Å². The molecule has 0 atom stereocenters. The van der Waals surface area contributed by atoms with Gasteiger partial charge in [-0.25, -0.2) is 0 Å². The molecule has 0 aliphatic rings. The number of aliphatic hydroxyl groups excluding tert-OH is 1. The van der Waals surface area contributed by atoms with Crippen LogP contribution in [-0.2, 0) is 24.4 Å². The molecule has 0 radical (unpaired) electrons. The van der Waals surface area contributed by atoms with Gasteiger partial charge in [0.15, 0.2) is 10.6 Å². The smallest absolute Gasteiger partial charge is 0.221 e. The normalized spacial score (nSPS) is 10.8. The Kier molecular flexibility index (Phi) is 6.73. The Morgan fingerprint density at radius 2 is 1.82 bits per heavy atom. The van der Waals surface area contributed by atoms with Crippen LogP contribution in [0.1, 0.15) is 23.1 Å². The summed E-state index contributed by atoms with van der Waals surface area (Å²) in [4.78, 5) is 12.2. The van der Waals surface area contributed by atoms with Gasteiger partial charge in [-0.05, 0) is 36.7 Å². The van der Waals surface area contributed by atoms with E-state index in [0.29, 0.717) is 24.3 Å². The van der Waals surface area contributed by atoms with E-state index in [1.54, 1.807) is 0 Å². The summed E-state index contributed by atoms with van der Waals surface area (Å²) < 4.78 is 2.36. The van der Waals surface area contributed by atoms with Gasteiger partial charge in [0.25, 0.3) is 0 Å². The Balaban J connectivity index is 1.52. The first-order chi connectivity index (χ1) is 13.6. The van der Waals surface area contributed by atoms with E-state index in [1.165, 1.54) is 5.56 Å². The molecule has 0 bridgehead atoms. The van der Waals surface area contributed by atoms with Crippen LogP contribution in [0.15, 0.2) is 48.5 Å². The van der Waals surface area contributed by atoms with E-state index in [4.69, 9.17) is 17.3 Å². The van der Waals surface area contributed by atoms with Gasteiger partial charge in [-0.15, -0.1) is 0 Å². The predicted octanol–water partition coefficient (Wildman–Crippen LogP) is 3.16. The van der Waals surface area contributed by atoms with E-state index >= 15 is 0 Å². The second-order valence-corrected chi connectivity index (χ2v) is 7.08. The Bertz CT molecular complexity index is 975. The number of aromatic amines is 1. The number of carbonyl (C=O) groups excluding carboxylic acids is 1. The van der Waals surface area contributed by atoms with Crippen LogP contribution in [0.4, 0.5) is 0 Å². The number of carbonyl (C=O) groups is 1. The van der Waals surface area contributed by atoms with Gasteiger partial charge in [0, 0.05) is 25.1 Å². The molecule has 0 saturated carbocycles. The average Bonchev–Trinajstić information content (AvgIpc) is 3.08. The third kappa shape index (κ3) is 5.15. The molecule has 6 nitrogen and oxygen atoms in total. The summed E-state index contributed by atoms with van der Waals surface area (Å²) in [5.41, 5.74) is 4.14. The van der Waals surface area contributed by atoms with Crippen LogP contribution in [0.5, 0.6) is 0 Å². The number of benzene rings is 2. The topological polar surface area (TPSA) is 82.9 Å². The molecule has 3 rings (SSSR count). The molecular weight excluding hydrogens is 372 g/mol. The van der Waals surface area contributed by atoms with E-state index in [1.807, 2.05) is 60.0 Å². The molecule has 3 N–H and O–H groups in total. The molecule has 1 heterocycles. The zero-order valence-corrected chi connectivity index (χ0v) is 16.6. The molecule has 3 aromatic rings. The van der Waals surface area contributed by atoms with E-state index in [-0.39, 0.29) is 12.5 Å². The summed E-state index contributed by atoms with van der Waals surface area (Å²) in [6, 6.07) is 15.8. The highest BCUT2D eigenvalue weighted by Gasteiger charge is 2.10. The molecule has 0 unspecified atom stereocenters. The first-order valence-corrected chi connectivity index (χ1v) is 9.65. The van der Waals surface area contributed by atoms with Crippen LogP contribution in [0, 0.1) is 11.7 Å². The summed E-state index contributed by atoms with van der Waals surface area (Å²) in [6.45, 7) is 3.11. The third-order valence-electron chi connectivity index (χ3n) is 4.57. The van der Waals surface area contributed by atoms with Crippen molar-refractivity contribution < 1.29 is 9.90 Å². The van der Waals surface area contributed by atoms with Crippen molar-refractivity contribution in [2.75, 3.05) is 6.54 Å². The van der Waals surface area contributed by atoms with Gasteiger partial charge in [-0.1, -0.05) is 54.1 Å². The Morgan fingerprint density at radius 3 is 2.50 bits per heavy atom. The number of aryl methyl sites for hydroxylation is 1. The lowest BCUT2D eigenvalue weighted by molar-refractivity contribution is -0.121. The van der Waals surface area contributed by atoms with Crippen molar-refractivity contribution in [3.63, 3.8) is 0 Å². The third-order valence-corrected chi connectivity index (χ3v) is 4.88. The first-order valence-electron chi connectivity index (χ1n) is 9.24. The van der Waals surface area contributed by atoms with Gasteiger partial charge in [0.1, 0.15) is 0 Å². The van der Waals surface area contributed by atoms with Gasteiger partial charge in [-0.2, -0.15) is 5.10 Å². The van der Waals surface area contributed by atoms with Crippen molar-refractivity contribution in [2.24, 2.45) is 0 Å². The van der Waals surface area contributed by atoms with E-state index in [2.05, 4.69) is 15.5 Å². The minimum Gasteiger partial charge on any atom is -0.392 e. The molecule has 0 aliphatic carbocycles. The number of hydrogen-bond acceptors (Lipinski definition) is 4. The maximum atomic E-state index is 12.2. The highest BCUT2D eigenvalue weighted by Crippen LogP contribution is 2.18. The molecular formula is C21H24N4O2S. The van der Waals surface area contributed by atoms with Crippen LogP contribution in [0.2, 0.25) is 0 Å². The van der Waals surface area contributed by atoms with E-state index in [0.717, 1.165) is 28.9 Å². The van der Waals surface area contributed by atoms with Gasteiger partial charge in [-0.3, -0.25) is 14.5 Å². The van der Waals surface area contributed by atoms with E-state index in [9.17, 15) is 4.79 Å². The largest absolute Gasteiger partial charge is 0.392 e. The fourth-order valence-corrected chi connectivity index (χ4v) is 3.13. The Labute approximate surface area is 169 Å². The van der Waals surface area contributed by atoms with Gasteiger partial charge < -0.3 is 10.4 Å². The fraction of sp³-hybridized carbons (Fsp3) is 0.286. The van der Waals surface area contributed by atoms with Crippen molar-refractivity contribution in [1.82, 2.24) is 20.1 Å². The minimum absolute atomic E-state index is 0.0232. The van der Waals surface area contributed by atoms with Crippen molar-refractivity contribution in [3.8, 4) is 11.4 Å². The second kappa shape index (κ2) is 9.43. The summed E-state index contributed by atoms with van der Waals surface area (Å²) in [5.74, 6) is 0.715. The highest BCUT2D eigenvalue weighted by molar-refractivity contribution is 7.71. The number of aliphatic hydroxyl groups is 1. The zero-order valence-electron chi connectivity index (χ0n) is 15.8. The lowest BCUT2D eigenvalue weighted by Gasteiger charge is -2.09. The number of nitrogens with one attached hydrogen (secondary N) is 2. The summed E-state index contributed by atoms with van der Waals surface area (Å²) in [5, 5.41) is 19.1. The number of amides is 1. The summed E-state index contributed by atoms with van der Waals surface area (Å²) in [7, 11) is 0. The van der Waals surface area contributed by atoms with Crippen LogP contribution in [0.25, 0.3) is 11.4 Å². The molecule has 0 fully saturated rings. The Morgan fingerprint density at radius 1 is 1.14 bits per heavy atom. The predicted molar refractivity (Wildman–Crippen MR) is 111 cm³/mol. The van der Waals surface area contributed by atoms with Crippen LogP contribution in [0.3, 0.4) is 0 Å². The number of rotatable bonds is 8. The lowest BCUT2D eigenvalue weighted by Crippen LogP contribution is -2.26. The van der Waals surface area contributed by atoms with Gasteiger partial charge in [0.05, 0.1) is 6.61 Å². The maximum absolute atomic E-state index is 12.2. The average molecular weight is 397 g/mol. The molecule has 2 aromatic carbocycles. The first kappa shape index (κ1) is 20.0. The number of hydrogen-bond donors (Lipinski definition) is 3. The van der Waals surface area contributed by atoms with Gasteiger partial charge in [0.2, 0.25) is 5.91 Å². The minimum atomic E-state index is -0.0232. The monoisotopic (exact) mass is 396 g/mol. The lowest BCUT2D eigenvalue weighted by atomic mass is 10.1. The zero-order chi connectivity index (χ0) is 19.9. The van der Waals surface area contributed by atoms with Crippen molar-refractivity contribution in [2.45, 2.75) is 32.9 Å². The maximum Gasteiger partial charge on any atom is 0.221 e. The van der Waals surface area contributed by atoms with Gasteiger partial charge >= 0.3 is 0 Å². The fourth-order valence-electron chi connectivity index (χ4n) is 2.91. The molecule has 28 heavy (non-hydrogen) atoms. The summed E-state index contributed by atoms with van der Waals surface area (Å²) in [6.07, 6.45) is 1.08. The van der Waals surface area contributed by atoms with E-state index < -0.39 is 0 Å². The Hall–Kier alpha value is -2.77. The second-order valence-electron chi connectivity index (χ2n) is 6.69. The van der Waals surface area contributed by atoms with Crippen LogP contribution < -0.4 is 5.32 Å². The SMILES string of the molecule is Cc1ccc(-c2n[nH]c(=S)n2CCC(=O)NCCc2ccc(CO)cc2)cc1. The molecule has 146 valence electrons. The molecule has 0 aliphatic heterocycles. The van der Waals surface area contributed by atoms with Crippen molar-refractivity contribution in [3.05, 3.63) is 70.0 Å². The summed E-state index contributed by atoms with van der Waals surface area (Å²) >= 11 is 5.32. The van der Waals surface area contributed by atoms with Crippen molar-refractivity contribution in [1.29, 1.82) is 0 Å². The molecule has 7 heteroatoms. The quantitative estimate of drug-likeness (QED) is 0.511. The highest BCUT2D eigenvalue weighted by atomic mass is 32.1. The van der Waals surface area contributed by atoms with Crippen molar-refractivity contribution >= 4 is 18.1 Å². The number of H-pyrrole nitrogens is 1. The number of aromatic nitrogens is 3. The van der Waals surface area contributed by atoms with Crippen LogP contribution >= 0.6 is 12.2 Å². The molecule has 1 aromatic heterocycles. The molecule has 0 spiro atoms. The molecule has 1 amide bonds.